The van der Waals surface area contributed by atoms with Crippen molar-refractivity contribution in [2.75, 3.05) is 24.6 Å². The van der Waals surface area contributed by atoms with Gasteiger partial charge in [0.25, 0.3) is 0 Å². The molecule has 0 aromatic carbocycles. The third-order valence-electron chi connectivity index (χ3n) is 4.33. The molecule has 2 aliphatic rings. The maximum atomic E-state index is 12.2. The summed E-state index contributed by atoms with van der Waals surface area (Å²) in [5, 5.41) is 9.29. The number of carbonyl (C=O) groups is 2. The zero-order valence-electron chi connectivity index (χ0n) is 12.4. The van der Waals surface area contributed by atoms with E-state index in [0.717, 1.165) is 25.0 Å². The molecular weight excluding hydrogens is 274 g/mol. The van der Waals surface area contributed by atoms with Gasteiger partial charge in [-0.3, -0.25) is 9.59 Å². The lowest BCUT2D eigenvalue weighted by atomic mass is 9.92. The van der Waals surface area contributed by atoms with Gasteiger partial charge in [-0.1, -0.05) is 13.8 Å². The van der Waals surface area contributed by atoms with Crippen molar-refractivity contribution in [3.63, 3.8) is 0 Å². The van der Waals surface area contributed by atoms with Gasteiger partial charge in [0, 0.05) is 13.1 Å². The summed E-state index contributed by atoms with van der Waals surface area (Å²) in [5.41, 5.74) is 0. The van der Waals surface area contributed by atoms with Gasteiger partial charge in [-0.15, -0.1) is 0 Å². The van der Waals surface area contributed by atoms with Gasteiger partial charge in [0.2, 0.25) is 5.91 Å². The minimum Gasteiger partial charge on any atom is -0.481 e. The maximum absolute atomic E-state index is 12.2. The van der Waals surface area contributed by atoms with Crippen molar-refractivity contribution in [1.82, 2.24) is 4.90 Å². The molecule has 0 unspecified atom stereocenters. The van der Waals surface area contributed by atoms with Crippen LogP contribution >= 0.6 is 11.8 Å². The predicted molar refractivity (Wildman–Crippen MR) is 80.7 cm³/mol. The van der Waals surface area contributed by atoms with E-state index in [0.29, 0.717) is 30.7 Å². The van der Waals surface area contributed by atoms with Crippen molar-refractivity contribution < 1.29 is 14.7 Å². The highest BCUT2D eigenvalue weighted by Gasteiger charge is 2.46. The van der Waals surface area contributed by atoms with Crippen LogP contribution in [0.2, 0.25) is 0 Å². The van der Waals surface area contributed by atoms with Gasteiger partial charge in [-0.2, -0.15) is 11.8 Å². The van der Waals surface area contributed by atoms with Crippen molar-refractivity contribution in [2.45, 2.75) is 33.1 Å². The Morgan fingerprint density at radius 3 is 2.55 bits per heavy atom. The number of hydrogen-bond donors (Lipinski definition) is 1. The number of carbonyl (C=O) groups excluding carboxylic acids is 1. The second kappa shape index (κ2) is 6.83. The molecule has 1 N–H and O–H groups in total. The SMILES string of the molecule is CC(C)CCSCC(=O)N1C[C@H](C(=O)O)[C@@H](C2CC2)C1. The van der Waals surface area contributed by atoms with E-state index in [9.17, 15) is 14.7 Å². The lowest BCUT2D eigenvalue weighted by molar-refractivity contribution is -0.142. The first-order valence-corrected chi connectivity index (χ1v) is 8.72. The highest BCUT2D eigenvalue weighted by molar-refractivity contribution is 7.99. The Morgan fingerprint density at radius 2 is 2.00 bits per heavy atom. The Labute approximate surface area is 125 Å². The number of likely N-dealkylation sites (tertiary alicyclic amines) is 1. The van der Waals surface area contributed by atoms with Gasteiger partial charge in [0.05, 0.1) is 11.7 Å². The summed E-state index contributed by atoms with van der Waals surface area (Å²) in [4.78, 5) is 25.2. The lowest BCUT2D eigenvalue weighted by Crippen LogP contribution is -2.31. The van der Waals surface area contributed by atoms with Crippen LogP contribution in [0.15, 0.2) is 0 Å². The molecule has 2 rings (SSSR count). The summed E-state index contributed by atoms with van der Waals surface area (Å²) in [6.07, 6.45) is 3.40. The van der Waals surface area contributed by atoms with Crippen molar-refractivity contribution in [3.8, 4) is 0 Å². The third kappa shape index (κ3) is 4.14. The molecule has 1 saturated heterocycles. The van der Waals surface area contributed by atoms with E-state index in [1.54, 1.807) is 16.7 Å². The minimum atomic E-state index is -0.732. The first-order chi connectivity index (χ1) is 9.49. The number of carboxylic acid groups (broad SMARTS) is 1. The van der Waals surface area contributed by atoms with Crippen LogP contribution < -0.4 is 0 Å². The molecule has 2 atom stereocenters. The first-order valence-electron chi connectivity index (χ1n) is 7.57. The molecule has 5 heteroatoms. The molecule has 0 spiro atoms. The standard InChI is InChI=1S/C15H25NO3S/c1-10(2)5-6-20-9-14(17)16-7-12(11-3-4-11)13(8-16)15(18)19/h10-13H,3-9H2,1-2H3,(H,18,19)/t12-,13+/m1/s1. The number of amides is 1. The average Bonchev–Trinajstić information content (AvgIpc) is 3.12. The largest absolute Gasteiger partial charge is 0.481 e. The van der Waals surface area contributed by atoms with Gasteiger partial charge in [-0.25, -0.2) is 0 Å². The zero-order valence-corrected chi connectivity index (χ0v) is 13.2. The second-order valence-electron chi connectivity index (χ2n) is 6.48. The molecule has 1 heterocycles. The fourth-order valence-electron chi connectivity index (χ4n) is 2.87. The van der Waals surface area contributed by atoms with E-state index >= 15 is 0 Å². The van der Waals surface area contributed by atoms with Crippen LogP contribution in [-0.2, 0) is 9.59 Å². The number of aliphatic carboxylic acids is 1. The summed E-state index contributed by atoms with van der Waals surface area (Å²) in [5.74, 6) is 1.95. The van der Waals surface area contributed by atoms with Crippen LogP contribution in [0.1, 0.15) is 33.1 Å². The molecule has 114 valence electrons. The Bertz CT molecular complexity index is 368. The second-order valence-corrected chi connectivity index (χ2v) is 7.59. The van der Waals surface area contributed by atoms with Gasteiger partial charge >= 0.3 is 5.97 Å². The molecule has 0 aromatic heterocycles. The fourth-order valence-corrected chi connectivity index (χ4v) is 4.01. The molecule has 0 radical (unpaired) electrons. The quantitative estimate of drug-likeness (QED) is 0.733. The maximum Gasteiger partial charge on any atom is 0.308 e. The number of nitrogens with zero attached hydrogens (tertiary/aromatic N) is 1. The van der Waals surface area contributed by atoms with E-state index in [4.69, 9.17) is 0 Å². The number of thioether (sulfide) groups is 1. The summed E-state index contributed by atoms with van der Waals surface area (Å²) in [7, 11) is 0. The Hall–Kier alpha value is -0.710. The molecule has 1 aliphatic heterocycles. The zero-order chi connectivity index (χ0) is 14.7. The van der Waals surface area contributed by atoms with Crippen molar-refractivity contribution in [2.24, 2.45) is 23.7 Å². The smallest absolute Gasteiger partial charge is 0.308 e. The van der Waals surface area contributed by atoms with Gasteiger partial charge in [0.15, 0.2) is 0 Å². The molecule has 0 bridgehead atoms. The highest BCUT2D eigenvalue weighted by Crippen LogP contribution is 2.44. The van der Waals surface area contributed by atoms with Gasteiger partial charge < -0.3 is 10.0 Å². The van der Waals surface area contributed by atoms with Crippen LogP contribution in [0.4, 0.5) is 0 Å². The summed E-state index contributed by atoms with van der Waals surface area (Å²) in [6.45, 7) is 5.44. The van der Waals surface area contributed by atoms with Gasteiger partial charge in [0.1, 0.15) is 0 Å². The number of carboxylic acids is 1. The third-order valence-corrected chi connectivity index (χ3v) is 5.30. The number of hydrogen-bond acceptors (Lipinski definition) is 3. The minimum absolute atomic E-state index is 0.119. The molecule has 1 amide bonds. The van der Waals surface area contributed by atoms with Gasteiger partial charge in [-0.05, 0) is 42.8 Å². The normalized spacial score (nSPS) is 26.2. The highest BCUT2D eigenvalue weighted by atomic mass is 32.2. The van der Waals surface area contributed by atoms with Crippen LogP contribution in [-0.4, -0.2) is 46.5 Å². The molecule has 1 aliphatic carbocycles. The Kier molecular flexibility index (Phi) is 5.35. The monoisotopic (exact) mass is 299 g/mol. The van der Waals surface area contributed by atoms with E-state index in [2.05, 4.69) is 13.8 Å². The van der Waals surface area contributed by atoms with Crippen molar-refractivity contribution in [1.29, 1.82) is 0 Å². The first kappa shape index (κ1) is 15.7. The molecule has 2 fully saturated rings. The van der Waals surface area contributed by atoms with E-state index in [1.807, 2.05) is 0 Å². The molecule has 1 saturated carbocycles. The van der Waals surface area contributed by atoms with Crippen LogP contribution in [0.25, 0.3) is 0 Å². The molecular formula is C15H25NO3S. The average molecular weight is 299 g/mol. The van der Waals surface area contributed by atoms with E-state index in [-0.39, 0.29) is 17.7 Å². The predicted octanol–water partition coefficient (Wildman–Crippen LogP) is 2.33. The summed E-state index contributed by atoms with van der Waals surface area (Å²) in [6, 6.07) is 0. The number of rotatable bonds is 7. The Morgan fingerprint density at radius 1 is 1.30 bits per heavy atom. The molecule has 0 aromatic rings. The van der Waals surface area contributed by atoms with Crippen LogP contribution in [0.5, 0.6) is 0 Å². The van der Waals surface area contributed by atoms with E-state index in [1.165, 1.54) is 0 Å². The molecule has 20 heavy (non-hydrogen) atoms. The molecule has 4 nitrogen and oxygen atoms in total. The van der Waals surface area contributed by atoms with Crippen molar-refractivity contribution in [3.05, 3.63) is 0 Å². The summed E-state index contributed by atoms with van der Waals surface area (Å²) < 4.78 is 0. The Balaban J connectivity index is 1.77. The van der Waals surface area contributed by atoms with E-state index < -0.39 is 5.97 Å². The summed E-state index contributed by atoms with van der Waals surface area (Å²) >= 11 is 1.67. The fraction of sp³-hybridized carbons (Fsp3) is 0.867. The van der Waals surface area contributed by atoms with Crippen LogP contribution in [0.3, 0.4) is 0 Å². The topological polar surface area (TPSA) is 57.6 Å². The van der Waals surface area contributed by atoms with Crippen LogP contribution in [0, 0.1) is 23.7 Å². The van der Waals surface area contributed by atoms with Crippen molar-refractivity contribution >= 4 is 23.6 Å². The lowest BCUT2D eigenvalue weighted by Gasteiger charge is -2.16.